The van der Waals surface area contributed by atoms with Gasteiger partial charge in [0, 0.05) is 24.0 Å². The van der Waals surface area contributed by atoms with E-state index in [9.17, 15) is 4.79 Å². The molecule has 0 spiro atoms. The molecule has 0 radical (unpaired) electrons. The molecular weight excluding hydrogens is 338 g/mol. The van der Waals surface area contributed by atoms with Crippen LogP contribution in [0, 0.1) is 6.92 Å². The van der Waals surface area contributed by atoms with Crippen LogP contribution < -0.4 is 21.9 Å². The fraction of sp³-hybridized carbons (Fsp3) is 0.238. The van der Waals surface area contributed by atoms with E-state index in [2.05, 4.69) is 21.2 Å². The van der Waals surface area contributed by atoms with Gasteiger partial charge in [0.25, 0.3) is 0 Å². The van der Waals surface area contributed by atoms with E-state index in [0.717, 1.165) is 27.6 Å². The number of amides is 1. The lowest BCUT2D eigenvalue weighted by molar-refractivity contribution is -0.123. The average Bonchev–Trinajstić information content (AvgIpc) is 3.09. The number of pyridine rings is 1. The minimum absolute atomic E-state index is 0.0791. The van der Waals surface area contributed by atoms with Crippen molar-refractivity contribution >= 4 is 16.8 Å². The van der Waals surface area contributed by atoms with Crippen LogP contribution in [-0.2, 0) is 11.3 Å². The highest BCUT2D eigenvalue weighted by atomic mass is 16.2. The van der Waals surface area contributed by atoms with Crippen LogP contribution in [-0.4, -0.2) is 23.1 Å². The van der Waals surface area contributed by atoms with E-state index >= 15 is 0 Å². The Balaban J connectivity index is 1.54. The van der Waals surface area contributed by atoms with Gasteiger partial charge < -0.3 is 11.1 Å². The van der Waals surface area contributed by atoms with Crippen molar-refractivity contribution < 1.29 is 4.79 Å². The lowest BCUT2D eigenvalue weighted by atomic mass is 9.90. The second kappa shape index (κ2) is 7.44. The highest BCUT2D eigenvalue weighted by Gasteiger charge is 2.39. The smallest absolute Gasteiger partial charge is 0.239 e. The molecule has 1 amide bonds. The first-order chi connectivity index (χ1) is 13.1. The monoisotopic (exact) mass is 361 g/mol. The molecule has 1 aliphatic rings. The summed E-state index contributed by atoms with van der Waals surface area (Å²) in [6.07, 6.45) is 1.45. The van der Waals surface area contributed by atoms with Gasteiger partial charge in [0.15, 0.2) is 0 Å². The van der Waals surface area contributed by atoms with Crippen molar-refractivity contribution in [3.05, 3.63) is 77.5 Å². The predicted octanol–water partition coefficient (Wildman–Crippen LogP) is 1.70. The predicted molar refractivity (Wildman–Crippen MR) is 106 cm³/mol. The third-order valence-electron chi connectivity index (χ3n) is 5.19. The Morgan fingerprint density at radius 1 is 1.11 bits per heavy atom. The molecule has 0 bridgehead atoms. The van der Waals surface area contributed by atoms with Gasteiger partial charge >= 0.3 is 0 Å². The summed E-state index contributed by atoms with van der Waals surface area (Å²) in [5, 5.41) is 4.13. The number of nitrogens with one attached hydrogen (secondary N) is 3. The van der Waals surface area contributed by atoms with Crippen LogP contribution in [0.5, 0.6) is 0 Å². The Labute approximate surface area is 158 Å². The van der Waals surface area contributed by atoms with E-state index in [4.69, 9.17) is 5.73 Å². The molecule has 3 atom stereocenters. The van der Waals surface area contributed by atoms with Crippen LogP contribution in [0.1, 0.15) is 22.6 Å². The number of carbonyl (C=O) groups is 1. The van der Waals surface area contributed by atoms with Crippen LogP contribution in [0.15, 0.2) is 60.8 Å². The van der Waals surface area contributed by atoms with Crippen molar-refractivity contribution in [1.29, 1.82) is 0 Å². The third kappa shape index (κ3) is 3.42. The molecule has 1 aliphatic heterocycles. The SMILES string of the molecule is Cc1ccc2ncccc2c1CNC(=O)C1NNC(N)C1c1ccccc1. The second-order valence-corrected chi connectivity index (χ2v) is 6.88. The minimum atomic E-state index is -0.434. The average molecular weight is 361 g/mol. The normalized spacial score (nSPS) is 22.1. The molecule has 138 valence electrons. The minimum Gasteiger partial charge on any atom is -0.351 e. The first-order valence-corrected chi connectivity index (χ1v) is 9.07. The molecule has 3 unspecified atom stereocenters. The quantitative estimate of drug-likeness (QED) is 0.568. The van der Waals surface area contributed by atoms with E-state index in [-0.39, 0.29) is 18.0 Å². The van der Waals surface area contributed by atoms with Crippen molar-refractivity contribution in [3.63, 3.8) is 0 Å². The lowest BCUT2D eigenvalue weighted by Crippen LogP contribution is -2.45. The zero-order valence-corrected chi connectivity index (χ0v) is 15.1. The van der Waals surface area contributed by atoms with Gasteiger partial charge in [0.1, 0.15) is 6.04 Å². The fourth-order valence-electron chi connectivity index (χ4n) is 3.72. The van der Waals surface area contributed by atoms with E-state index < -0.39 is 6.04 Å². The molecule has 6 heteroatoms. The van der Waals surface area contributed by atoms with Crippen LogP contribution in [0.3, 0.4) is 0 Å². The van der Waals surface area contributed by atoms with Gasteiger partial charge in [0.05, 0.1) is 11.7 Å². The Hall–Kier alpha value is -2.80. The fourth-order valence-corrected chi connectivity index (χ4v) is 3.72. The molecule has 1 fully saturated rings. The van der Waals surface area contributed by atoms with Crippen LogP contribution >= 0.6 is 0 Å². The molecule has 0 aliphatic carbocycles. The Kier molecular flexibility index (Phi) is 4.85. The molecule has 5 N–H and O–H groups in total. The van der Waals surface area contributed by atoms with Gasteiger partial charge in [-0.25, -0.2) is 10.9 Å². The zero-order chi connectivity index (χ0) is 18.8. The summed E-state index contributed by atoms with van der Waals surface area (Å²) in [6.45, 7) is 2.49. The molecule has 27 heavy (non-hydrogen) atoms. The molecule has 1 saturated heterocycles. The maximum Gasteiger partial charge on any atom is 0.239 e. The molecule has 6 nitrogen and oxygen atoms in total. The molecule has 3 aromatic rings. The highest BCUT2D eigenvalue weighted by Crippen LogP contribution is 2.25. The number of carbonyl (C=O) groups excluding carboxylic acids is 1. The summed E-state index contributed by atoms with van der Waals surface area (Å²) < 4.78 is 0. The van der Waals surface area contributed by atoms with Crippen LogP contribution in [0.25, 0.3) is 10.9 Å². The number of aromatic nitrogens is 1. The van der Waals surface area contributed by atoms with E-state index in [1.807, 2.05) is 61.5 Å². The van der Waals surface area contributed by atoms with E-state index in [0.29, 0.717) is 6.54 Å². The molecule has 2 aromatic carbocycles. The number of aryl methyl sites for hydroxylation is 1. The Bertz CT molecular complexity index is 959. The molecule has 1 aromatic heterocycles. The summed E-state index contributed by atoms with van der Waals surface area (Å²) in [5.41, 5.74) is 16.4. The first kappa shape index (κ1) is 17.6. The van der Waals surface area contributed by atoms with Gasteiger partial charge in [-0.2, -0.15) is 0 Å². The Morgan fingerprint density at radius 2 is 1.93 bits per heavy atom. The van der Waals surface area contributed by atoms with Crippen molar-refractivity contribution in [2.24, 2.45) is 5.73 Å². The molecule has 0 saturated carbocycles. The maximum absolute atomic E-state index is 12.9. The van der Waals surface area contributed by atoms with Gasteiger partial charge in [-0.3, -0.25) is 9.78 Å². The van der Waals surface area contributed by atoms with Gasteiger partial charge in [-0.1, -0.05) is 42.5 Å². The van der Waals surface area contributed by atoms with Gasteiger partial charge in [-0.05, 0) is 35.7 Å². The number of nitrogens with two attached hydrogens (primary N) is 1. The van der Waals surface area contributed by atoms with Gasteiger partial charge in [0.2, 0.25) is 5.91 Å². The van der Waals surface area contributed by atoms with E-state index in [1.165, 1.54) is 0 Å². The summed E-state index contributed by atoms with van der Waals surface area (Å²) in [7, 11) is 0. The number of fused-ring (bicyclic) bond motifs is 1. The summed E-state index contributed by atoms with van der Waals surface area (Å²) in [4.78, 5) is 17.3. The van der Waals surface area contributed by atoms with Crippen molar-refractivity contribution in [1.82, 2.24) is 21.2 Å². The maximum atomic E-state index is 12.9. The standard InChI is InChI=1S/C21H23N5O/c1-13-9-10-17-15(8-5-11-23-17)16(13)12-24-21(27)19-18(20(22)26-25-19)14-6-3-2-4-7-14/h2-11,18-20,25-26H,12,22H2,1H3,(H,24,27). The van der Waals surface area contributed by atoms with E-state index in [1.54, 1.807) is 6.20 Å². The second-order valence-electron chi connectivity index (χ2n) is 6.88. The topological polar surface area (TPSA) is 92.1 Å². The zero-order valence-electron chi connectivity index (χ0n) is 15.1. The van der Waals surface area contributed by atoms with Crippen molar-refractivity contribution in [2.45, 2.75) is 31.6 Å². The largest absolute Gasteiger partial charge is 0.351 e. The van der Waals surface area contributed by atoms with Gasteiger partial charge in [-0.15, -0.1) is 0 Å². The lowest BCUT2D eigenvalue weighted by Gasteiger charge is -2.21. The third-order valence-corrected chi connectivity index (χ3v) is 5.19. The number of hydrogen-bond acceptors (Lipinski definition) is 5. The summed E-state index contributed by atoms with van der Waals surface area (Å²) in [5.74, 6) is -0.217. The number of hydrogen-bond donors (Lipinski definition) is 4. The van der Waals surface area contributed by atoms with Crippen molar-refractivity contribution in [3.8, 4) is 0 Å². The van der Waals surface area contributed by atoms with Crippen molar-refractivity contribution in [2.75, 3.05) is 0 Å². The Morgan fingerprint density at radius 3 is 2.74 bits per heavy atom. The molecule has 2 heterocycles. The summed E-state index contributed by atoms with van der Waals surface area (Å²) in [6, 6.07) is 17.4. The number of rotatable bonds is 4. The first-order valence-electron chi connectivity index (χ1n) is 9.07. The molecular formula is C21H23N5O. The van der Waals surface area contributed by atoms with Crippen LogP contribution in [0.4, 0.5) is 0 Å². The van der Waals surface area contributed by atoms with Crippen LogP contribution in [0.2, 0.25) is 0 Å². The number of hydrazine groups is 1. The number of nitrogens with zero attached hydrogens (tertiary/aromatic N) is 1. The molecule has 4 rings (SSSR count). The number of benzene rings is 2. The summed E-state index contributed by atoms with van der Waals surface area (Å²) >= 11 is 0. The highest BCUT2D eigenvalue weighted by molar-refractivity contribution is 5.86.